The standard InChI is InChI=1S/C18H23N3O3/c1-19-18(21-9-7-13(8-10-21)17(22)23-2)20-12-15-11-14-5-3-4-6-16(14)24-15/h3-6,11,13H,7-10,12H2,1-2H3,(H,19,20). The van der Waals surface area contributed by atoms with Gasteiger partial charge in [0.2, 0.25) is 0 Å². The van der Waals surface area contributed by atoms with Gasteiger partial charge in [-0.2, -0.15) is 0 Å². The molecule has 1 aromatic carbocycles. The van der Waals surface area contributed by atoms with Crippen LogP contribution < -0.4 is 5.32 Å². The highest BCUT2D eigenvalue weighted by atomic mass is 16.5. The monoisotopic (exact) mass is 329 g/mol. The van der Waals surface area contributed by atoms with Crippen LogP contribution in [0.4, 0.5) is 0 Å². The Morgan fingerprint density at radius 3 is 2.79 bits per heavy atom. The molecule has 6 heteroatoms. The van der Waals surface area contributed by atoms with E-state index in [-0.39, 0.29) is 11.9 Å². The Morgan fingerprint density at radius 1 is 1.38 bits per heavy atom. The molecule has 128 valence electrons. The molecule has 2 heterocycles. The van der Waals surface area contributed by atoms with Crippen LogP contribution in [0.25, 0.3) is 11.0 Å². The van der Waals surface area contributed by atoms with Gasteiger partial charge in [-0.05, 0) is 25.0 Å². The van der Waals surface area contributed by atoms with Crippen LogP contribution >= 0.6 is 0 Å². The highest BCUT2D eigenvalue weighted by molar-refractivity contribution is 5.81. The molecule has 1 fully saturated rings. The maximum Gasteiger partial charge on any atom is 0.308 e. The van der Waals surface area contributed by atoms with E-state index in [2.05, 4.69) is 15.2 Å². The third-order valence-corrected chi connectivity index (χ3v) is 4.44. The van der Waals surface area contributed by atoms with E-state index in [1.165, 1.54) is 7.11 Å². The second-order valence-electron chi connectivity index (χ2n) is 5.94. The van der Waals surface area contributed by atoms with Gasteiger partial charge in [-0.15, -0.1) is 0 Å². The molecule has 0 unspecified atom stereocenters. The number of carbonyl (C=O) groups is 1. The van der Waals surface area contributed by atoms with Gasteiger partial charge in [0.1, 0.15) is 11.3 Å². The Labute approximate surface area is 141 Å². The van der Waals surface area contributed by atoms with Gasteiger partial charge in [0.15, 0.2) is 5.96 Å². The number of nitrogens with zero attached hydrogens (tertiary/aromatic N) is 2. The minimum Gasteiger partial charge on any atom is -0.469 e. The smallest absolute Gasteiger partial charge is 0.308 e. The molecule has 0 radical (unpaired) electrons. The van der Waals surface area contributed by atoms with E-state index in [0.717, 1.165) is 48.6 Å². The molecule has 0 saturated carbocycles. The summed E-state index contributed by atoms with van der Waals surface area (Å²) < 4.78 is 10.6. The molecule has 0 amide bonds. The number of guanidine groups is 1. The number of para-hydroxylation sites is 1. The summed E-state index contributed by atoms with van der Waals surface area (Å²) in [6.45, 7) is 2.16. The highest BCUT2D eigenvalue weighted by Gasteiger charge is 2.26. The van der Waals surface area contributed by atoms with Gasteiger partial charge >= 0.3 is 5.97 Å². The number of carbonyl (C=O) groups excluding carboxylic acids is 1. The van der Waals surface area contributed by atoms with Gasteiger partial charge in [0.25, 0.3) is 0 Å². The number of benzene rings is 1. The summed E-state index contributed by atoms with van der Waals surface area (Å²) in [6, 6.07) is 10.0. The fourth-order valence-corrected chi connectivity index (χ4v) is 3.12. The Balaban J connectivity index is 1.56. The fraction of sp³-hybridized carbons (Fsp3) is 0.444. The van der Waals surface area contributed by atoms with E-state index in [0.29, 0.717) is 6.54 Å². The number of hydrogen-bond acceptors (Lipinski definition) is 4. The molecular formula is C18H23N3O3. The molecule has 0 aliphatic carbocycles. The van der Waals surface area contributed by atoms with Crippen LogP contribution in [0.2, 0.25) is 0 Å². The Morgan fingerprint density at radius 2 is 2.12 bits per heavy atom. The molecule has 24 heavy (non-hydrogen) atoms. The minimum atomic E-state index is -0.111. The van der Waals surface area contributed by atoms with Crippen molar-refractivity contribution in [2.75, 3.05) is 27.2 Å². The van der Waals surface area contributed by atoms with E-state index in [1.54, 1.807) is 7.05 Å². The molecular weight excluding hydrogens is 306 g/mol. The molecule has 1 N–H and O–H groups in total. The van der Waals surface area contributed by atoms with Gasteiger partial charge < -0.3 is 19.4 Å². The Kier molecular flexibility index (Phi) is 5.03. The lowest BCUT2D eigenvalue weighted by atomic mass is 9.97. The van der Waals surface area contributed by atoms with Gasteiger partial charge in [-0.1, -0.05) is 18.2 Å². The number of piperidine rings is 1. The number of rotatable bonds is 3. The van der Waals surface area contributed by atoms with Crippen LogP contribution in [-0.2, 0) is 16.1 Å². The number of furan rings is 1. The van der Waals surface area contributed by atoms with Crippen molar-refractivity contribution in [3.63, 3.8) is 0 Å². The van der Waals surface area contributed by atoms with Crippen LogP contribution in [0, 0.1) is 5.92 Å². The zero-order valence-corrected chi connectivity index (χ0v) is 14.1. The summed E-state index contributed by atoms with van der Waals surface area (Å²) in [5.41, 5.74) is 0.892. The lowest BCUT2D eigenvalue weighted by Crippen LogP contribution is -2.46. The number of aliphatic imine (C=N–C) groups is 1. The van der Waals surface area contributed by atoms with E-state index >= 15 is 0 Å². The minimum absolute atomic E-state index is 0.000251. The van der Waals surface area contributed by atoms with E-state index in [9.17, 15) is 4.79 Å². The number of likely N-dealkylation sites (tertiary alicyclic amines) is 1. The average Bonchev–Trinajstić information content (AvgIpc) is 3.05. The summed E-state index contributed by atoms with van der Waals surface area (Å²) >= 11 is 0. The van der Waals surface area contributed by atoms with Crippen molar-refractivity contribution in [2.45, 2.75) is 19.4 Å². The van der Waals surface area contributed by atoms with Gasteiger partial charge in [0.05, 0.1) is 19.6 Å². The number of ether oxygens (including phenoxy) is 1. The van der Waals surface area contributed by atoms with E-state index in [1.807, 2.05) is 30.3 Å². The number of methoxy groups -OCH3 is 1. The van der Waals surface area contributed by atoms with Crippen LogP contribution in [0.15, 0.2) is 39.7 Å². The molecule has 1 aliphatic heterocycles. The second-order valence-corrected chi connectivity index (χ2v) is 5.94. The zero-order valence-electron chi connectivity index (χ0n) is 14.1. The fourth-order valence-electron chi connectivity index (χ4n) is 3.12. The molecule has 1 aromatic heterocycles. The summed E-state index contributed by atoms with van der Waals surface area (Å²) in [7, 11) is 3.22. The second kappa shape index (κ2) is 7.38. The van der Waals surface area contributed by atoms with Gasteiger partial charge in [-0.25, -0.2) is 0 Å². The van der Waals surface area contributed by atoms with Crippen molar-refractivity contribution in [3.05, 3.63) is 36.1 Å². The predicted molar refractivity (Wildman–Crippen MR) is 92.7 cm³/mol. The average molecular weight is 329 g/mol. The molecule has 2 aromatic rings. The topological polar surface area (TPSA) is 67.1 Å². The van der Waals surface area contributed by atoms with E-state index < -0.39 is 0 Å². The number of nitrogens with one attached hydrogen (secondary N) is 1. The maximum absolute atomic E-state index is 11.6. The summed E-state index contributed by atoms with van der Waals surface area (Å²) in [5.74, 6) is 1.60. The largest absolute Gasteiger partial charge is 0.469 e. The third-order valence-electron chi connectivity index (χ3n) is 4.44. The molecule has 3 rings (SSSR count). The predicted octanol–water partition coefficient (Wildman–Crippen LogP) is 2.39. The highest BCUT2D eigenvalue weighted by Crippen LogP contribution is 2.20. The van der Waals surface area contributed by atoms with Crippen LogP contribution in [0.1, 0.15) is 18.6 Å². The quantitative estimate of drug-likeness (QED) is 0.532. The molecule has 1 saturated heterocycles. The van der Waals surface area contributed by atoms with Crippen molar-refractivity contribution in [3.8, 4) is 0 Å². The van der Waals surface area contributed by atoms with Crippen molar-refractivity contribution in [1.29, 1.82) is 0 Å². The van der Waals surface area contributed by atoms with E-state index in [4.69, 9.17) is 9.15 Å². The van der Waals surface area contributed by atoms with Crippen molar-refractivity contribution in [2.24, 2.45) is 10.9 Å². The van der Waals surface area contributed by atoms with Gasteiger partial charge in [-0.3, -0.25) is 9.79 Å². The molecule has 1 aliphatic rings. The first-order valence-corrected chi connectivity index (χ1v) is 8.22. The van der Waals surface area contributed by atoms with Crippen LogP contribution in [0.5, 0.6) is 0 Å². The Bertz CT molecular complexity index is 697. The number of fused-ring (bicyclic) bond motifs is 1. The molecule has 0 spiro atoms. The van der Waals surface area contributed by atoms with Crippen molar-refractivity contribution >= 4 is 22.9 Å². The number of hydrogen-bond donors (Lipinski definition) is 1. The molecule has 6 nitrogen and oxygen atoms in total. The third kappa shape index (κ3) is 3.53. The first kappa shape index (κ1) is 16.4. The lowest BCUT2D eigenvalue weighted by Gasteiger charge is -2.33. The molecule has 0 atom stereocenters. The van der Waals surface area contributed by atoms with Crippen molar-refractivity contribution < 1.29 is 13.9 Å². The summed E-state index contributed by atoms with van der Waals surface area (Å²) in [4.78, 5) is 18.1. The lowest BCUT2D eigenvalue weighted by molar-refractivity contribution is -0.146. The molecule has 0 bridgehead atoms. The first-order valence-electron chi connectivity index (χ1n) is 8.22. The maximum atomic E-state index is 11.6. The first-order chi connectivity index (χ1) is 11.7. The van der Waals surface area contributed by atoms with Gasteiger partial charge in [0, 0.05) is 25.5 Å². The summed E-state index contributed by atoms with van der Waals surface area (Å²) in [6.07, 6.45) is 1.58. The zero-order chi connectivity index (χ0) is 16.9. The number of esters is 1. The Hall–Kier alpha value is -2.50. The van der Waals surface area contributed by atoms with Crippen LogP contribution in [-0.4, -0.2) is 44.1 Å². The van der Waals surface area contributed by atoms with Crippen LogP contribution in [0.3, 0.4) is 0 Å². The SMILES string of the molecule is CN=C(NCc1cc2ccccc2o1)N1CCC(C(=O)OC)CC1. The normalized spacial score (nSPS) is 16.4. The van der Waals surface area contributed by atoms with Crippen molar-refractivity contribution in [1.82, 2.24) is 10.2 Å². The summed E-state index contributed by atoms with van der Waals surface area (Å²) in [5, 5.41) is 4.44.